The molecule has 0 fully saturated rings. The van der Waals surface area contributed by atoms with Crippen molar-refractivity contribution in [3.8, 4) is 11.4 Å². The van der Waals surface area contributed by atoms with E-state index in [0.29, 0.717) is 5.56 Å². The number of benzene rings is 1. The van der Waals surface area contributed by atoms with E-state index >= 15 is 0 Å². The van der Waals surface area contributed by atoms with Crippen LogP contribution in [-0.2, 0) is 12.1 Å². The summed E-state index contributed by atoms with van der Waals surface area (Å²) in [7, 11) is 4.04. The fourth-order valence-corrected chi connectivity index (χ4v) is 3.10. The van der Waals surface area contributed by atoms with Crippen LogP contribution in [0.25, 0.3) is 5.69 Å². The minimum absolute atomic E-state index is 0.255. The minimum Gasteiger partial charge on any atom is -0.479 e. The molecular formula is C18H23N5O2. The van der Waals surface area contributed by atoms with Crippen molar-refractivity contribution in [2.45, 2.75) is 26.0 Å². The van der Waals surface area contributed by atoms with Gasteiger partial charge in [-0.15, -0.1) is 0 Å². The molecule has 0 aliphatic carbocycles. The maximum absolute atomic E-state index is 12.2. The first-order chi connectivity index (χ1) is 11.7. The van der Waals surface area contributed by atoms with E-state index in [0.717, 1.165) is 29.4 Å². The summed E-state index contributed by atoms with van der Waals surface area (Å²) in [6, 6.07) is 9.37. The quantitative estimate of drug-likeness (QED) is 0.652. The number of rotatable bonds is 3. The third kappa shape index (κ3) is 3.10. The number of nitrogens with zero attached hydrogens (tertiary/aromatic N) is 3. The normalized spacial score (nSPS) is 14.4. The molecule has 7 heteroatoms. The third-order valence-electron chi connectivity index (χ3n) is 4.10. The number of carbonyl (C=O) groups excluding carboxylic acids is 1. The van der Waals surface area contributed by atoms with Gasteiger partial charge < -0.3 is 25.7 Å². The van der Waals surface area contributed by atoms with Gasteiger partial charge in [-0.2, -0.15) is 4.99 Å². The van der Waals surface area contributed by atoms with Crippen molar-refractivity contribution >= 4 is 11.9 Å². The first kappa shape index (κ1) is 17.0. The molecule has 4 N–H and O–H groups in total. The minimum atomic E-state index is -0.476. The number of hydrogen-bond acceptors (Lipinski definition) is 3. The lowest BCUT2D eigenvalue weighted by molar-refractivity contribution is 0.0916. The van der Waals surface area contributed by atoms with E-state index in [1.54, 1.807) is 18.2 Å². The van der Waals surface area contributed by atoms with Gasteiger partial charge in [0.05, 0.1) is 11.4 Å². The van der Waals surface area contributed by atoms with E-state index in [4.69, 9.17) is 16.2 Å². The molecule has 0 saturated carbocycles. The number of amides is 1. The molecule has 1 aliphatic rings. The third-order valence-corrected chi connectivity index (χ3v) is 4.10. The fourth-order valence-electron chi connectivity index (χ4n) is 3.10. The molecule has 0 bridgehead atoms. The zero-order valence-electron chi connectivity index (χ0n) is 14.9. The van der Waals surface area contributed by atoms with Gasteiger partial charge in [0.1, 0.15) is 11.4 Å². The summed E-state index contributed by atoms with van der Waals surface area (Å²) in [5, 5.41) is 0. The van der Waals surface area contributed by atoms with E-state index in [2.05, 4.69) is 26.6 Å². The Kier molecular flexibility index (Phi) is 4.04. The highest BCUT2D eigenvalue weighted by molar-refractivity contribution is 6.02. The molecule has 1 aromatic carbocycles. The highest BCUT2D eigenvalue weighted by Gasteiger charge is 2.34. The molecule has 132 valence electrons. The first-order valence-electron chi connectivity index (χ1n) is 8.02. The van der Waals surface area contributed by atoms with Crippen molar-refractivity contribution in [1.29, 1.82) is 0 Å². The summed E-state index contributed by atoms with van der Waals surface area (Å²) < 4.78 is 8.29. The molecule has 1 amide bonds. The Balaban J connectivity index is 2.16. The van der Waals surface area contributed by atoms with E-state index in [1.807, 2.05) is 27.9 Å². The average molecular weight is 341 g/mol. The van der Waals surface area contributed by atoms with Gasteiger partial charge in [-0.25, -0.2) is 0 Å². The van der Waals surface area contributed by atoms with Gasteiger partial charge in [-0.05, 0) is 58.3 Å². The predicted molar refractivity (Wildman–Crippen MR) is 97.0 cm³/mol. The van der Waals surface area contributed by atoms with E-state index in [9.17, 15) is 4.79 Å². The number of aliphatic imine (C=N–C) groups is 1. The lowest BCUT2D eigenvalue weighted by Crippen LogP contribution is -2.33. The van der Waals surface area contributed by atoms with Crippen LogP contribution in [0.5, 0.6) is 5.75 Å². The summed E-state index contributed by atoms with van der Waals surface area (Å²) in [5.41, 5.74) is 13.5. The Morgan fingerprint density at radius 3 is 2.60 bits per heavy atom. The summed E-state index contributed by atoms with van der Waals surface area (Å²) in [6.07, 6.45) is 0. The standard InChI is InChI=1S/C18H23N5O2/c1-18(2)15-8-6-12(10-22(3)4)23(15)13-9-11(5-7-14(13)25-18)16(24)21-17(19)20/h5-9H,10H2,1-4H3,(H4,19,20,21,24). The zero-order valence-corrected chi connectivity index (χ0v) is 14.9. The monoisotopic (exact) mass is 341 g/mol. The number of guanidine groups is 1. The highest BCUT2D eigenvalue weighted by Crippen LogP contribution is 2.41. The molecule has 1 aromatic heterocycles. The zero-order chi connectivity index (χ0) is 18.4. The van der Waals surface area contributed by atoms with E-state index in [1.165, 1.54) is 0 Å². The average Bonchev–Trinajstić information content (AvgIpc) is 2.90. The first-order valence-corrected chi connectivity index (χ1v) is 8.02. The Bertz CT molecular complexity index is 860. The molecule has 7 nitrogen and oxygen atoms in total. The van der Waals surface area contributed by atoms with Crippen molar-refractivity contribution < 1.29 is 9.53 Å². The Morgan fingerprint density at radius 2 is 1.96 bits per heavy atom. The summed E-state index contributed by atoms with van der Waals surface area (Å²) >= 11 is 0. The van der Waals surface area contributed by atoms with Gasteiger partial charge >= 0.3 is 0 Å². The Labute approximate surface area is 146 Å². The molecule has 2 heterocycles. The van der Waals surface area contributed by atoms with E-state index < -0.39 is 11.5 Å². The molecular weight excluding hydrogens is 318 g/mol. The number of aromatic nitrogens is 1. The van der Waals surface area contributed by atoms with Crippen LogP contribution >= 0.6 is 0 Å². The molecule has 0 spiro atoms. The maximum Gasteiger partial charge on any atom is 0.280 e. The predicted octanol–water partition coefficient (Wildman–Crippen LogP) is 1.58. The molecule has 0 atom stereocenters. The largest absolute Gasteiger partial charge is 0.479 e. The lowest BCUT2D eigenvalue weighted by atomic mass is 10.0. The van der Waals surface area contributed by atoms with Crippen molar-refractivity contribution in [3.05, 3.63) is 47.3 Å². The second kappa shape index (κ2) is 5.93. The van der Waals surface area contributed by atoms with Crippen LogP contribution in [0.3, 0.4) is 0 Å². The van der Waals surface area contributed by atoms with Gasteiger partial charge in [0.2, 0.25) is 0 Å². The second-order valence-corrected chi connectivity index (χ2v) is 6.92. The smallest absolute Gasteiger partial charge is 0.280 e. The summed E-state index contributed by atoms with van der Waals surface area (Å²) in [5.74, 6) is -0.0134. The van der Waals surface area contributed by atoms with Crippen molar-refractivity contribution in [3.63, 3.8) is 0 Å². The number of nitrogens with two attached hydrogens (primary N) is 2. The topological polar surface area (TPSA) is 98.9 Å². The number of hydrogen-bond donors (Lipinski definition) is 2. The molecule has 0 saturated heterocycles. The van der Waals surface area contributed by atoms with Crippen molar-refractivity contribution in [2.75, 3.05) is 14.1 Å². The van der Waals surface area contributed by atoms with Crippen LogP contribution < -0.4 is 16.2 Å². The molecule has 1 aliphatic heterocycles. The lowest BCUT2D eigenvalue weighted by Gasteiger charge is -2.35. The van der Waals surface area contributed by atoms with Gasteiger partial charge in [-0.3, -0.25) is 4.79 Å². The number of carbonyl (C=O) groups is 1. The van der Waals surface area contributed by atoms with Crippen molar-refractivity contribution in [2.24, 2.45) is 16.5 Å². The molecule has 25 heavy (non-hydrogen) atoms. The highest BCUT2D eigenvalue weighted by atomic mass is 16.5. The van der Waals surface area contributed by atoms with Gasteiger partial charge in [0.15, 0.2) is 5.96 Å². The SMILES string of the molecule is CN(C)Cc1ccc2n1-c1cc(C(=O)N=C(N)N)ccc1OC2(C)C. The van der Waals surface area contributed by atoms with Crippen molar-refractivity contribution in [1.82, 2.24) is 9.47 Å². The summed E-state index contributed by atoms with van der Waals surface area (Å²) in [4.78, 5) is 17.9. The van der Waals surface area contributed by atoms with Crippen LogP contribution in [0.15, 0.2) is 35.3 Å². The van der Waals surface area contributed by atoms with E-state index in [-0.39, 0.29) is 5.96 Å². The number of ether oxygens (including phenoxy) is 1. The van der Waals surface area contributed by atoms with Gasteiger partial charge in [0, 0.05) is 17.8 Å². The van der Waals surface area contributed by atoms with Crippen LogP contribution in [0.4, 0.5) is 0 Å². The van der Waals surface area contributed by atoms with Crippen LogP contribution in [0.2, 0.25) is 0 Å². The second-order valence-electron chi connectivity index (χ2n) is 6.92. The van der Waals surface area contributed by atoms with Crippen LogP contribution in [0, 0.1) is 0 Å². The molecule has 3 rings (SSSR count). The van der Waals surface area contributed by atoms with Gasteiger partial charge in [-0.1, -0.05) is 0 Å². The molecule has 0 radical (unpaired) electrons. The summed E-state index contributed by atoms with van der Waals surface area (Å²) in [6.45, 7) is 4.82. The van der Waals surface area contributed by atoms with Crippen LogP contribution in [0.1, 0.15) is 35.6 Å². The molecule has 2 aromatic rings. The van der Waals surface area contributed by atoms with Crippen LogP contribution in [-0.4, -0.2) is 35.4 Å². The Hall–Kier alpha value is -2.80. The number of fused-ring (bicyclic) bond motifs is 3. The molecule has 0 unspecified atom stereocenters. The van der Waals surface area contributed by atoms with Gasteiger partial charge in [0.25, 0.3) is 5.91 Å². The Morgan fingerprint density at radius 1 is 1.24 bits per heavy atom. The fraction of sp³-hybridized carbons (Fsp3) is 0.333. The maximum atomic E-state index is 12.2.